The zero-order valence-corrected chi connectivity index (χ0v) is 34.1. The lowest BCUT2D eigenvalue weighted by atomic mass is 9.70. The number of cyclic esters (lactones) is 1. The third-order valence-electron chi connectivity index (χ3n) is 12.1. The summed E-state index contributed by atoms with van der Waals surface area (Å²) >= 11 is 0. The first-order valence-corrected chi connectivity index (χ1v) is 19.5. The summed E-state index contributed by atoms with van der Waals surface area (Å²) in [5.74, 6) is -4.29. The molecule has 54 heavy (non-hydrogen) atoms. The molecule has 13 atom stereocenters. The number of ketones is 1. The minimum atomic E-state index is -1.53. The van der Waals surface area contributed by atoms with E-state index >= 15 is 0 Å². The summed E-state index contributed by atoms with van der Waals surface area (Å²) in [6.07, 6.45) is -0.219. The Kier molecular flexibility index (Phi) is 14.8. The van der Waals surface area contributed by atoms with Crippen molar-refractivity contribution in [2.75, 3.05) is 27.8 Å². The van der Waals surface area contributed by atoms with Crippen LogP contribution in [-0.4, -0.2) is 114 Å². The lowest BCUT2D eigenvalue weighted by molar-refractivity contribution is -0.295. The summed E-state index contributed by atoms with van der Waals surface area (Å²) in [6.45, 7) is 14.7. The number of para-hydroxylation sites is 1. The van der Waals surface area contributed by atoms with E-state index < -0.39 is 71.3 Å². The van der Waals surface area contributed by atoms with Crippen molar-refractivity contribution in [1.29, 1.82) is 0 Å². The van der Waals surface area contributed by atoms with Gasteiger partial charge in [-0.25, -0.2) is 4.79 Å². The summed E-state index contributed by atoms with van der Waals surface area (Å²) in [7, 11) is 5.37. The summed E-state index contributed by atoms with van der Waals surface area (Å²) < 4.78 is 30.9. The molecular formula is C42H64N2O10. The highest BCUT2D eigenvalue weighted by atomic mass is 16.7. The molecule has 0 spiro atoms. The van der Waals surface area contributed by atoms with Crippen LogP contribution in [-0.2, 0) is 33.3 Å². The average Bonchev–Trinajstić information content (AvgIpc) is 3.13. The largest absolute Gasteiger partial charge is 0.462 e. The van der Waals surface area contributed by atoms with Crippen LogP contribution in [0.4, 0.5) is 0 Å². The van der Waals surface area contributed by atoms with Crippen LogP contribution in [0.2, 0.25) is 0 Å². The molecule has 12 heteroatoms. The highest BCUT2D eigenvalue weighted by Gasteiger charge is 2.50. The van der Waals surface area contributed by atoms with Gasteiger partial charge in [0, 0.05) is 30.7 Å². The fraction of sp³-hybridized carbons (Fsp3) is 0.714. The second kappa shape index (κ2) is 18.3. The van der Waals surface area contributed by atoms with Crippen LogP contribution in [0.3, 0.4) is 0 Å². The maximum atomic E-state index is 14.2. The number of aliphatic hydroxyl groups excluding tert-OH is 1. The molecule has 2 fully saturated rings. The number of Topliss-reactive ketones (excluding diaryl/α,β-unsaturated/α-hetero) is 1. The van der Waals surface area contributed by atoms with E-state index in [1.54, 1.807) is 33.2 Å². The Bertz CT molecular complexity index is 1580. The van der Waals surface area contributed by atoms with E-state index in [0.717, 1.165) is 0 Å². The van der Waals surface area contributed by atoms with Gasteiger partial charge in [-0.2, -0.15) is 0 Å². The molecule has 0 aliphatic carbocycles. The van der Waals surface area contributed by atoms with Crippen molar-refractivity contribution in [3.63, 3.8) is 0 Å². The number of pyridine rings is 1. The Morgan fingerprint density at radius 3 is 2.39 bits per heavy atom. The molecule has 0 amide bonds. The Morgan fingerprint density at radius 1 is 1.06 bits per heavy atom. The van der Waals surface area contributed by atoms with E-state index in [-0.39, 0.29) is 30.6 Å². The molecule has 2 aliphatic rings. The third kappa shape index (κ3) is 9.68. The van der Waals surface area contributed by atoms with E-state index in [9.17, 15) is 24.6 Å². The number of hydrogen-bond acceptors (Lipinski definition) is 12. The Labute approximate surface area is 321 Å². The van der Waals surface area contributed by atoms with E-state index in [4.69, 9.17) is 23.7 Å². The predicted molar refractivity (Wildman–Crippen MR) is 205 cm³/mol. The molecule has 302 valence electrons. The number of esters is 2. The number of nitrogens with zero attached hydrogens (tertiary/aromatic N) is 2. The molecule has 1 aromatic heterocycles. The number of rotatable bonds is 9. The van der Waals surface area contributed by atoms with Crippen LogP contribution in [0.15, 0.2) is 36.5 Å². The quantitative estimate of drug-likeness (QED) is 0.242. The minimum absolute atomic E-state index is 0.00368. The Hall–Kier alpha value is -3.00. The van der Waals surface area contributed by atoms with Gasteiger partial charge < -0.3 is 38.8 Å². The van der Waals surface area contributed by atoms with Crippen molar-refractivity contribution in [3.8, 4) is 0 Å². The number of carbonyl (C=O) groups excluding carboxylic acids is 3. The number of benzene rings is 1. The van der Waals surface area contributed by atoms with Crippen LogP contribution < -0.4 is 0 Å². The number of carbonyl (C=O) groups is 3. The maximum absolute atomic E-state index is 14.2. The van der Waals surface area contributed by atoms with E-state index in [1.165, 1.54) is 6.92 Å². The van der Waals surface area contributed by atoms with Gasteiger partial charge in [-0.05, 0) is 104 Å². The van der Waals surface area contributed by atoms with E-state index in [2.05, 4.69) is 18.8 Å². The molecule has 2 unspecified atom stereocenters. The van der Waals surface area contributed by atoms with Crippen LogP contribution in [0.25, 0.3) is 10.9 Å². The fourth-order valence-corrected chi connectivity index (χ4v) is 9.02. The van der Waals surface area contributed by atoms with Crippen molar-refractivity contribution in [1.82, 2.24) is 9.88 Å². The standard InChI is InChI=1S/C42H64N2O10/c1-12-34-42(8,49)31(18-20-51-39(48)30-17-19-43-32-16-14-13-15-29(30)32)25(3)21-24(2)23-41(7,50-11)37(27(5)35(45)28(6)38(47)53-34)54-40-36(46)33(44(9)10)22-26(4)52-40/h13-17,19,24-28,31,33-34,36-37,40,46,49H,12,18,20-23H2,1-11H3/t24-,25?,26+,27+,28?,31-,33-,34+,36+,37+,40-,41+,42-/m0/s1. The summed E-state index contributed by atoms with van der Waals surface area (Å²) in [4.78, 5) is 47.6. The van der Waals surface area contributed by atoms with Gasteiger partial charge in [-0.15, -0.1) is 0 Å². The van der Waals surface area contributed by atoms with Crippen molar-refractivity contribution < 1.29 is 48.3 Å². The van der Waals surface area contributed by atoms with Gasteiger partial charge in [0.1, 0.15) is 23.7 Å². The highest BCUT2D eigenvalue weighted by Crippen LogP contribution is 2.41. The lowest BCUT2D eigenvalue weighted by Gasteiger charge is -2.47. The van der Waals surface area contributed by atoms with Gasteiger partial charge in [0.05, 0.1) is 35.5 Å². The van der Waals surface area contributed by atoms with Crippen LogP contribution in [0.1, 0.15) is 97.9 Å². The van der Waals surface area contributed by atoms with Crippen molar-refractivity contribution in [2.45, 2.75) is 135 Å². The van der Waals surface area contributed by atoms with Gasteiger partial charge in [0.15, 0.2) is 12.1 Å². The molecule has 2 aliphatic heterocycles. The summed E-state index contributed by atoms with van der Waals surface area (Å²) in [6, 6.07) is 8.76. The second-order valence-electron chi connectivity index (χ2n) is 16.5. The number of fused-ring (bicyclic) bond motifs is 1. The summed E-state index contributed by atoms with van der Waals surface area (Å²) in [5.41, 5.74) is -1.49. The number of likely N-dealkylation sites (N-methyl/N-ethyl adjacent to an activating group) is 1. The Balaban J connectivity index is 1.65. The van der Waals surface area contributed by atoms with Crippen molar-refractivity contribution in [2.24, 2.45) is 29.6 Å². The molecule has 2 N–H and O–H groups in total. The molecular weight excluding hydrogens is 692 g/mol. The van der Waals surface area contributed by atoms with Gasteiger partial charge in [-0.3, -0.25) is 14.6 Å². The maximum Gasteiger partial charge on any atom is 0.338 e. The number of ether oxygens (including phenoxy) is 5. The monoisotopic (exact) mass is 756 g/mol. The normalized spacial score (nSPS) is 37.5. The minimum Gasteiger partial charge on any atom is -0.462 e. The zero-order valence-electron chi connectivity index (χ0n) is 34.1. The number of hydrogen-bond donors (Lipinski definition) is 2. The first kappa shape index (κ1) is 43.7. The zero-order chi connectivity index (χ0) is 40.1. The van der Waals surface area contributed by atoms with Gasteiger partial charge >= 0.3 is 11.9 Å². The van der Waals surface area contributed by atoms with Crippen molar-refractivity contribution >= 4 is 28.6 Å². The third-order valence-corrected chi connectivity index (χ3v) is 12.1. The predicted octanol–water partition coefficient (Wildman–Crippen LogP) is 5.59. The molecule has 12 nitrogen and oxygen atoms in total. The second-order valence-corrected chi connectivity index (χ2v) is 16.5. The Morgan fingerprint density at radius 2 is 1.74 bits per heavy atom. The van der Waals surface area contributed by atoms with Gasteiger partial charge in [-0.1, -0.05) is 45.9 Å². The van der Waals surface area contributed by atoms with Gasteiger partial charge in [0.25, 0.3) is 0 Å². The lowest BCUT2D eigenvalue weighted by Crippen LogP contribution is -2.59. The average molecular weight is 757 g/mol. The first-order valence-electron chi connectivity index (χ1n) is 19.5. The molecule has 0 bridgehead atoms. The molecule has 0 radical (unpaired) electrons. The fourth-order valence-electron chi connectivity index (χ4n) is 9.02. The summed E-state index contributed by atoms with van der Waals surface area (Å²) in [5, 5.41) is 24.4. The molecule has 2 aromatic rings. The SMILES string of the molecule is CC[C@H]1OC(=O)C(C)C(=O)[C@@H](C)[C@@H](O[C@@H]2O[C@H](C)C[C@H](N(C)C)[C@H]2O)[C@](C)(OC)C[C@@H](C)CC(C)[C@H](CCOC(=O)c2ccnc3ccccc23)[C@]1(C)O. The topological polar surface area (TPSA) is 154 Å². The van der Waals surface area contributed by atoms with Crippen LogP contribution >= 0.6 is 0 Å². The van der Waals surface area contributed by atoms with Crippen molar-refractivity contribution in [3.05, 3.63) is 42.1 Å². The molecule has 1 aromatic carbocycles. The number of methoxy groups -OCH3 is 1. The molecule has 2 saturated heterocycles. The van der Waals surface area contributed by atoms with Crippen LogP contribution in [0.5, 0.6) is 0 Å². The van der Waals surface area contributed by atoms with E-state index in [0.29, 0.717) is 48.6 Å². The molecule has 0 saturated carbocycles. The molecule has 3 heterocycles. The highest BCUT2D eigenvalue weighted by molar-refractivity contribution is 6.03. The molecule has 4 rings (SSSR count). The van der Waals surface area contributed by atoms with Gasteiger partial charge in [0.2, 0.25) is 0 Å². The number of aliphatic hydroxyl groups is 2. The smallest absolute Gasteiger partial charge is 0.338 e. The van der Waals surface area contributed by atoms with Crippen LogP contribution in [0, 0.1) is 29.6 Å². The van der Waals surface area contributed by atoms with E-state index in [1.807, 2.05) is 64.0 Å². The number of aromatic nitrogens is 1. The first-order chi connectivity index (χ1) is 25.4.